The quantitative estimate of drug-likeness (QED) is 0.761. The number of halogens is 2. The van der Waals surface area contributed by atoms with E-state index in [1.165, 1.54) is 10.7 Å². The Labute approximate surface area is 149 Å². The van der Waals surface area contributed by atoms with Crippen LogP contribution >= 0.6 is 0 Å². The van der Waals surface area contributed by atoms with Gasteiger partial charge in [0.05, 0.1) is 5.69 Å². The number of amides is 1. The Bertz CT molecular complexity index is 923. The number of hydrogen-bond donors (Lipinski definition) is 1. The first-order valence-electron chi connectivity index (χ1n) is 7.99. The maximum atomic E-state index is 13.7. The average Bonchev–Trinajstić information content (AvgIpc) is 3.02. The lowest BCUT2D eigenvalue weighted by Crippen LogP contribution is -2.20. The van der Waals surface area contributed by atoms with Crippen LogP contribution in [-0.4, -0.2) is 29.8 Å². The highest BCUT2D eigenvalue weighted by Gasteiger charge is 2.15. The van der Waals surface area contributed by atoms with E-state index in [4.69, 9.17) is 0 Å². The second-order valence-corrected chi connectivity index (χ2v) is 6.00. The summed E-state index contributed by atoms with van der Waals surface area (Å²) in [5.41, 5.74) is 1.79. The molecule has 0 unspecified atom stereocenters. The van der Waals surface area contributed by atoms with Crippen LogP contribution in [0.3, 0.4) is 0 Å². The van der Waals surface area contributed by atoms with Gasteiger partial charge in [0.1, 0.15) is 18.2 Å². The smallest absolute Gasteiger partial charge is 0.246 e. The molecule has 0 aliphatic rings. The van der Waals surface area contributed by atoms with Crippen molar-refractivity contribution in [3.05, 3.63) is 66.4 Å². The third kappa shape index (κ3) is 3.88. The Morgan fingerprint density at radius 1 is 1.15 bits per heavy atom. The summed E-state index contributed by atoms with van der Waals surface area (Å²) >= 11 is 0. The topological polar surface area (TPSA) is 50.2 Å². The fourth-order valence-corrected chi connectivity index (χ4v) is 2.57. The lowest BCUT2D eigenvalue weighted by molar-refractivity contribution is -0.116. The molecule has 3 aromatic rings. The van der Waals surface area contributed by atoms with Crippen molar-refractivity contribution >= 4 is 17.4 Å². The van der Waals surface area contributed by atoms with Crippen molar-refractivity contribution in [2.75, 3.05) is 24.3 Å². The average molecular weight is 356 g/mol. The number of carbonyl (C=O) groups is 1. The largest absolute Gasteiger partial charge is 0.361 e. The van der Waals surface area contributed by atoms with Gasteiger partial charge >= 0.3 is 0 Å². The molecule has 0 aliphatic carbocycles. The van der Waals surface area contributed by atoms with E-state index in [9.17, 15) is 13.6 Å². The van der Waals surface area contributed by atoms with E-state index in [-0.39, 0.29) is 12.2 Å². The molecule has 0 aliphatic heterocycles. The summed E-state index contributed by atoms with van der Waals surface area (Å²) in [6, 6.07) is 12.7. The molecule has 1 aromatic heterocycles. The minimum Gasteiger partial charge on any atom is -0.361 e. The normalized spacial score (nSPS) is 10.6. The molecule has 0 saturated carbocycles. The fraction of sp³-hybridized carbons (Fsp3) is 0.158. The number of aromatic nitrogens is 2. The summed E-state index contributed by atoms with van der Waals surface area (Å²) in [7, 11) is 3.74. The van der Waals surface area contributed by atoms with Gasteiger partial charge in [-0.25, -0.2) is 8.78 Å². The standard InChI is InChI=1S/C19H18F2N4O/c1-24(2)19-15(13-6-4-3-5-7-13)11-25(23-19)12-18(26)22-17-9-8-14(20)10-16(17)21/h3-11H,12H2,1-2H3,(H,22,26). The van der Waals surface area contributed by atoms with Crippen molar-refractivity contribution < 1.29 is 13.6 Å². The zero-order valence-corrected chi connectivity index (χ0v) is 14.4. The predicted octanol–water partition coefficient (Wildman–Crippen LogP) is 3.53. The molecule has 1 amide bonds. The van der Waals surface area contributed by atoms with Crippen LogP contribution in [0.4, 0.5) is 20.3 Å². The number of rotatable bonds is 5. The van der Waals surface area contributed by atoms with E-state index in [1.807, 2.05) is 49.3 Å². The fourth-order valence-electron chi connectivity index (χ4n) is 2.57. The van der Waals surface area contributed by atoms with Crippen LogP contribution < -0.4 is 10.2 Å². The van der Waals surface area contributed by atoms with Crippen LogP contribution in [0.5, 0.6) is 0 Å². The van der Waals surface area contributed by atoms with Crippen molar-refractivity contribution in [3.63, 3.8) is 0 Å². The number of nitrogens with zero attached hydrogens (tertiary/aromatic N) is 3. The zero-order chi connectivity index (χ0) is 18.7. The summed E-state index contributed by atoms with van der Waals surface area (Å²) < 4.78 is 28.1. The van der Waals surface area contributed by atoms with E-state index in [2.05, 4.69) is 10.4 Å². The van der Waals surface area contributed by atoms with Crippen molar-refractivity contribution in [1.29, 1.82) is 0 Å². The zero-order valence-electron chi connectivity index (χ0n) is 14.4. The van der Waals surface area contributed by atoms with E-state index in [1.54, 1.807) is 6.20 Å². The molecular formula is C19H18F2N4O. The van der Waals surface area contributed by atoms with Gasteiger partial charge in [0.2, 0.25) is 5.91 Å². The van der Waals surface area contributed by atoms with Crippen LogP contribution in [0.1, 0.15) is 0 Å². The first-order chi connectivity index (χ1) is 12.4. The van der Waals surface area contributed by atoms with E-state index < -0.39 is 17.5 Å². The summed E-state index contributed by atoms with van der Waals surface area (Å²) in [4.78, 5) is 14.1. The molecule has 1 N–H and O–H groups in total. The van der Waals surface area contributed by atoms with E-state index in [0.29, 0.717) is 0 Å². The van der Waals surface area contributed by atoms with Crippen LogP contribution in [0.15, 0.2) is 54.7 Å². The first-order valence-corrected chi connectivity index (χ1v) is 7.99. The minimum absolute atomic E-state index is 0.0697. The van der Waals surface area contributed by atoms with Gasteiger partial charge in [0, 0.05) is 31.9 Å². The van der Waals surface area contributed by atoms with E-state index in [0.717, 1.165) is 29.1 Å². The minimum atomic E-state index is -0.822. The number of anilines is 2. The van der Waals surface area contributed by atoms with Crippen molar-refractivity contribution in [1.82, 2.24) is 9.78 Å². The highest BCUT2D eigenvalue weighted by molar-refractivity contribution is 5.90. The SMILES string of the molecule is CN(C)c1nn(CC(=O)Nc2ccc(F)cc2F)cc1-c1ccccc1. The predicted molar refractivity (Wildman–Crippen MR) is 97.0 cm³/mol. The van der Waals surface area contributed by atoms with Gasteiger partial charge in [-0.3, -0.25) is 9.48 Å². The molecule has 0 bridgehead atoms. The monoisotopic (exact) mass is 356 g/mol. The number of hydrogen-bond acceptors (Lipinski definition) is 3. The van der Waals surface area contributed by atoms with Crippen LogP contribution in [0, 0.1) is 11.6 Å². The molecule has 134 valence electrons. The second-order valence-electron chi connectivity index (χ2n) is 6.00. The van der Waals surface area contributed by atoms with Gasteiger partial charge in [-0.1, -0.05) is 30.3 Å². The molecule has 2 aromatic carbocycles. The summed E-state index contributed by atoms with van der Waals surface area (Å²) in [5, 5.41) is 6.86. The summed E-state index contributed by atoms with van der Waals surface area (Å²) in [6.07, 6.45) is 1.77. The van der Waals surface area contributed by atoms with Gasteiger partial charge in [-0.2, -0.15) is 5.10 Å². The van der Waals surface area contributed by atoms with Gasteiger partial charge < -0.3 is 10.2 Å². The van der Waals surface area contributed by atoms with Gasteiger partial charge in [0.15, 0.2) is 5.82 Å². The highest BCUT2D eigenvalue weighted by Crippen LogP contribution is 2.28. The van der Waals surface area contributed by atoms with Gasteiger partial charge in [-0.15, -0.1) is 0 Å². The van der Waals surface area contributed by atoms with Crippen molar-refractivity contribution in [3.8, 4) is 11.1 Å². The molecule has 0 atom stereocenters. The Kier molecular flexibility index (Phi) is 4.97. The highest BCUT2D eigenvalue weighted by atomic mass is 19.1. The summed E-state index contributed by atoms with van der Waals surface area (Å²) in [5.74, 6) is -1.26. The molecule has 5 nitrogen and oxygen atoms in total. The molecule has 0 spiro atoms. The van der Waals surface area contributed by atoms with E-state index >= 15 is 0 Å². The third-order valence-electron chi connectivity index (χ3n) is 3.76. The number of nitrogens with one attached hydrogen (secondary N) is 1. The molecule has 26 heavy (non-hydrogen) atoms. The van der Waals surface area contributed by atoms with Gasteiger partial charge in [-0.05, 0) is 17.7 Å². The molecular weight excluding hydrogens is 338 g/mol. The maximum absolute atomic E-state index is 13.7. The third-order valence-corrected chi connectivity index (χ3v) is 3.76. The first kappa shape index (κ1) is 17.6. The number of carbonyl (C=O) groups excluding carboxylic acids is 1. The Morgan fingerprint density at radius 3 is 2.54 bits per heavy atom. The molecule has 1 heterocycles. The van der Waals surface area contributed by atoms with Gasteiger partial charge in [0.25, 0.3) is 0 Å². The second kappa shape index (κ2) is 7.35. The van der Waals surface area contributed by atoms with Crippen LogP contribution in [0.25, 0.3) is 11.1 Å². The Morgan fingerprint density at radius 2 is 1.88 bits per heavy atom. The van der Waals surface area contributed by atoms with Crippen LogP contribution in [-0.2, 0) is 11.3 Å². The lowest BCUT2D eigenvalue weighted by Gasteiger charge is -2.11. The maximum Gasteiger partial charge on any atom is 0.246 e. The molecule has 3 rings (SSSR count). The molecule has 0 radical (unpaired) electrons. The Hall–Kier alpha value is -3.22. The van der Waals surface area contributed by atoms with Crippen LogP contribution in [0.2, 0.25) is 0 Å². The molecule has 0 saturated heterocycles. The van der Waals surface area contributed by atoms with Crippen molar-refractivity contribution in [2.24, 2.45) is 0 Å². The summed E-state index contributed by atoms with van der Waals surface area (Å²) in [6.45, 7) is -0.0928. The molecule has 7 heteroatoms. The number of benzene rings is 2. The lowest BCUT2D eigenvalue weighted by atomic mass is 10.1. The Balaban J connectivity index is 1.80. The van der Waals surface area contributed by atoms with Crippen molar-refractivity contribution in [2.45, 2.75) is 6.54 Å². The molecule has 0 fully saturated rings.